The van der Waals surface area contributed by atoms with E-state index in [-0.39, 0.29) is 12.5 Å². The van der Waals surface area contributed by atoms with Crippen molar-refractivity contribution in [1.82, 2.24) is 10.2 Å². The van der Waals surface area contributed by atoms with Gasteiger partial charge in [-0.15, -0.1) is 0 Å². The molecule has 2 unspecified atom stereocenters. The fraction of sp³-hybridized carbons (Fsp3) is 0.700. The summed E-state index contributed by atoms with van der Waals surface area (Å²) >= 11 is 0. The number of carbonyl (C=O) groups is 3. The third kappa shape index (κ3) is 1.91. The molecule has 2 rings (SSSR count). The van der Waals surface area contributed by atoms with E-state index in [4.69, 9.17) is 0 Å². The van der Waals surface area contributed by atoms with E-state index < -0.39 is 24.0 Å². The van der Waals surface area contributed by atoms with Gasteiger partial charge in [-0.3, -0.25) is 19.8 Å². The average Bonchev–Trinajstić information content (AvgIpc) is 3.04. The zero-order valence-electron chi connectivity index (χ0n) is 8.90. The predicted molar refractivity (Wildman–Crippen MR) is 52.0 cm³/mol. The fourth-order valence-electron chi connectivity index (χ4n) is 1.86. The van der Waals surface area contributed by atoms with Crippen molar-refractivity contribution < 1.29 is 18.8 Å². The lowest BCUT2D eigenvalue weighted by Crippen LogP contribution is -2.60. The van der Waals surface area contributed by atoms with Crippen LogP contribution in [-0.4, -0.2) is 35.5 Å². The smallest absolute Gasteiger partial charge is 0.275 e. The molecule has 1 N–H and O–H groups in total. The summed E-state index contributed by atoms with van der Waals surface area (Å²) in [5, 5.41) is 1.83. The maximum atomic E-state index is 13.1. The molecule has 0 bridgehead atoms. The van der Waals surface area contributed by atoms with Gasteiger partial charge >= 0.3 is 6.03 Å². The number of urea groups is 1. The van der Waals surface area contributed by atoms with Gasteiger partial charge in [0.25, 0.3) is 18.0 Å². The van der Waals surface area contributed by atoms with Crippen molar-refractivity contribution in [2.75, 3.05) is 6.54 Å². The molecule has 1 heterocycles. The van der Waals surface area contributed by atoms with E-state index in [2.05, 4.69) is 0 Å². The summed E-state index contributed by atoms with van der Waals surface area (Å²) in [7, 11) is 0. The number of rotatable bonds is 3. The Balaban J connectivity index is 2.04. The summed E-state index contributed by atoms with van der Waals surface area (Å²) in [6, 6.07) is -0.809. The Morgan fingerprint density at radius 1 is 1.44 bits per heavy atom. The Kier molecular flexibility index (Phi) is 2.65. The van der Waals surface area contributed by atoms with Crippen LogP contribution >= 0.6 is 0 Å². The summed E-state index contributed by atoms with van der Waals surface area (Å²) in [5.74, 6) is -1.53. The third-order valence-corrected chi connectivity index (χ3v) is 3.09. The van der Waals surface area contributed by atoms with E-state index in [9.17, 15) is 18.8 Å². The van der Waals surface area contributed by atoms with Crippen LogP contribution in [0.2, 0.25) is 0 Å². The Morgan fingerprint density at radius 2 is 2.06 bits per heavy atom. The minimum absolute atomic E-state index is 0.162. The highest BCUT2D eigenvalue weighted by Crippen LogP contribution is 2.37. The van der Waals surface area contributed by atoms with Crippen molar-refractivity contribution in [3.8, 4) is 0 Å². The molecule has 1 saturated heterocycles. The van der Waals surface area contributed by atoms with Gasteiger partial charge in [0.15, 0.2) is 0 Å². The fourth-order valence-corrected chi connectivity index (χ4v) is 1.86. The number of carbonyl (C=O) groups excluding carboxylic acids is 3. The van der Waals surface area contributed by atoms with Gasteiger partial charge in [0.1, 0.15) is 0 Å². The molecule has 2 fully saturated rings. The van der Waals surface area contributed by atoms with E-state index in [0.29, 0.717) is 5.92 Å². The minimum Gasteiger partial charge on any atom is -0.275 e. The summed E-state index contributed by atoms with van der Waals surface area (Å²) in [5.41, 5.74) is 0. The number of hydrogen-bond donors (Lipinski definition) is 1. The first-order valence-electron chi connectivity index (χ1n) is 5.31. The molecular formula is C10H13FN2O3. The van der Waals surface area contributed by atoms with E-state index in [1.165, 1.54) is 0 Å². The zero-order valence-corrected chi connectivity index (χ0v) is 8.90. The number of imide groups is 2. The first-order valence-corrected chi connectivity index (χ1v) is 5.31. The summed E-state index contributed by atoms with van der Waals surface area (Å²) in [6.45, 7) is 2.10. The van der Waals surface area contributed by atoms with Crippen molar-refractivity contribution in [3.63, 3.8) is 0 Å². The first-order chi connectivity index (χ1) is 7.50. The maximum absolute atomic E-state index is 13.1. The molecule has 16 heavy (non-hydrogen) atoms. The lowest BCUT2D eigenvalue weighted by atomic mass is 10.1. The molecular weight excluding hydrogens is 215 g/mol. The molecule has 0 aromatic heterocycles. The van der Waals surface area contributed by atoms with E-state index >= 15 is 0 Å². The molecule has 0 aromatic carbocycles. The summed E-state index contributed by atoms with van der Waals surface area (Å²) in [4.78, 5) is 34.4. The van der Waals surface area contributed by atoms with Crippen molar-refractivity contribution in [1.29, 1.82) is 0 Å². The maximum Gasteiger partial charge on any atom is 0.330 e. The molecule has 0 aromatic rings. The summed E-state index contributed by atoms with van der Waals surface area (Å²) < 4.78 is 13.1. The van der Waals surface area contributed by atoms with Crippen LogP contribution in [0.3, 0.4) is 0 Å². The number of nitrogens with zero attached hydrogens (tertiary/aromatic N) is 1. The van der Waals surface area contributed by atoms with Gasteiger partial charge < -0.3 is 0 Å². The highest BCUT2D eigenvalue weighted by atomic mass is 19.1. The zero-order chi connectivity index (χ0) is 11.9. The molecule has 0 radical (unpaired) electrons. The highest BCUT2D eigenvalue weighted by molar-refractivity contribution is 6.18. The molecule has 88 valence electrons. The van der Waals surface area contributed by atoms with Crippen LogP contribution in [0.15, 0.2) is 0 Å². The van der Waals surface area contributed by atoms with E-state index in [0.717, 1.165) is 17.7 Å². The van der Waals surface area contributed by atoms with Crippen LogP contribution in [0.25, 0.3) is 0 Å². The lowest BCUT2D eigenvalue weighted by Gasteiger charge is -2.28. The molecule has 2 atom stereocenters. The SMILES string of the molecule is CC(CN1C(=O)NC(=O)C(F)C1=O)C1CC1. The summed E-state index contributed by atoms with van der Waals surface area (Å²) in [6.07, 6.45) is -0.0740. The largest absolute Gasteiger partial charge is 0.330 e. The Hall–Kier alpha value is -1.46. The third-order valence-electron chi connectivity index (χ3n) is 3.09. The molecule has 6 heteroatoms. The van der Waals surface area contributed by atoms with Crippen LogP contribution in [-0.2, 0) is 9.59 Å². The van der Waals surface area contributed by atoms with Gasteiger partial charge in [0, 0.05) is 6.54 Å². The highest BCUT2D eigenvalue weighted by Gasteiger charge is 2.42. The average molecular weight is 228 g/mol. The Labute approximate surface area is 92.0 Å². The van der Waals surface area contributed by atoms with Crippen molar-refractivity contribution >= 4 is 17.8 Å². The first kappa shape index (κ1) is 11.0. The molecule has 0 spiro atoms. The van der Waals surface area contributed by atoms with Gasteiger partial charge in [-0.1, -0.05) is 6.92 Å². The number of barbiturate groups is 1. The van der Waals surface area contributed by atoms with Crippen molar-refractivity contribution in [3.05, 3.63) is 0 Å². The van der Waals surface area contributed by atoms with Gasteiger partial charge in [0.05, 0.1) is 0 Å². The quantitative estimate of drug-likeness (QED) is 0.713. The lowest BCUT2D eigenvalue weighted by molar-refractivity contribution is -0.144. The predicted octanol–water partition coefficient (Wildman–Crippen LogP) is 0.449. The standard InChI is InChI=1S/C10H13FN2O3/c1-5(6-2-3-6)4-13-9(15)7(11)8(14)12-10(13)16/h5-7H,2-4H2,1H3,(H,12,14,16). The topological polar surface area (TPSA) is 66.5 Å². The normalized spacial score (nSPS) is 28.0. The van der Waals surface area contributed by atoms with E-state index in [1.54, 1.807) is 0 Å². The van der Waals surface area contributed by atoms with Crippen molar-refractivity contribution in [2.45, 2.75) is 25.9 Å². The number of halogens is 1. The molecule has 4 amide bonds. The molecule has 1 aliphatic heterocycles. The van der Waals surface area contributed by atoms with Crippen LogP contribution in [0.5, 0.6) is 0 Å². The molecule has 1 saturated carbocycles. The molecule has 2 aliphatic rings. The van der Waals surface area contributed by atoms with Gasteiger partial charge in [-0.25, -0.2) is 9.18 Å². The van der Waals surface area contributed by atoms with Gasteiger partial charge in [-0.05, 0) is 24.7 Å². The Morgan fingerprint density at radius 3 is 2.62 bits per heavy atom. The van der Waals surface area contributed by atoms with Crippen LogP contribution < -0.4 is 5.32 Å². The number of hydrogen-bond acceptors (Lipinski definition) is 3. The number of nitrogens with one attached hydrogen (secondary N) is 1. The van der Waals surface area contributed by atoms with Gasteiger partial charge in [-0.2, -0.15) is 0 Å². The van der Waals surface area contributed by atoms with Crippen LogP contribution in [0.4, 0.5) is 9.18 Å². The molecule has 5 nitrogen and oxygen atoms in total. The number of alkyl halides is 1. The van der Waals surface area contributed by atoms with Crippen LogP contribution in [0, 0.1) is 11.8 Å². The second kappa shape index (κ2) is 3.84. The van der Waals surface area contributed by atoms with Crippen LogP contribution in [0.1, 0.15) is 19.8 Å². The second-order valence-corrected chi connectivity index (χ2v) is 4.42. The molecule has 1 aliphatic carbocycles. The van der Waals surface area contributed by atoms with Gasteiger partial charge in [0.2, 0.25) is 0 Å². The monoisotopic (exact) mass is 228 g/mol. The van der Waals surface area contributed by atoms with E-state index in [1.807, 2.05) is 12.2 Å². The second-order valence-electron chi connectivity index (χ2n) is 4.42. The van der Waals surface area contributed by atoms with Crippen molar-refractivity contribution in [2.24, 2.45) is 11.8 Å². The Bertz CT molecular complexity index is 354. The minimum atomic E-state index is -2.25. The number of amides is 4.